The van der Waals surface area contributed by atoms with Crippen LogP contribution in [0, 0.1) is 5.92 Å². The Morgan fingerprint density at radius 2 is 2.05 bits per heavy atom. The van der Waals surface area contributed by atoms with Crippen LogP contribution in [0.25, 0.3) is 0 Å². The summed E-state index contributed by atoms with van der Waals surface area (Å²) in [5.74, 6) is 1.91. The van der Waals surface area contributed by atoms with Gasteiger partial charge < -0.3 is 10.3 Å². The lowest BCUT2D eigenvalue weighted by Gasteiger charge is -2.10. The van der Waals surface area contributed by atoms with Gasteiger partial charge in [0, 0.05) is 6.42 Å². The first-order valence-electron chi connectivity index (χ1n) is 6.83. The smallest absolute Gasteiger partial charge is 0.226 e. The van der Waals surface area contributed by atoms with E-state index in [4.69, 9.17) is 10.3 Å². The SMILES string of the molecule is CC(CN)Cc1nc(C2(c3ccccc3)CC2)no1. The van der Waals surface area contributed by atoms with Crippen molar-refractivity contribution in [1.29, 1.82) is 0 Å². The minimum absolute atomic E-state index is 0.00500. The third-order valence-electron chi connectivity index (χ3n) is 3.90. The summed E-state index contributed by atoms with van der Waals surface area (Å²) in [5, 5.41) is 4.19. The molecule has 0 bridgehead atoms. The molecule has 1 unspecified atom stereocenters. The summed E-state index contributed by atoms with van der Waals surface area (Å²) >= 11 is 0. The normalized spacial score (nSPS) is 18.2. The fourth-order valence-electron chi connectivity index (χ4n) is 2.44. The average molecular weight is 257 g/mol. The molecule has 2 N–H and O–H groups in total. The van der Waals surface area contributed by atoms with Crippen molar-refractivity contribution in [2.45, 2.75) is 31.6 Å². The lowest BCUT2D eigenvalue weighted by Crippen LogP contribution is -2.14. The maximum atomic E-state index is 5.63. The predicted octanol–water partition coefficient (Wildman–Crippen LogP) is 2.29. The van der Waals surface area contributed by atoms with Gasteiger partial charge in [0.1, 0.15) is 0 Å². The fourth-order valence-corrected chi connectivity index (χ4v) is 2.44. The van der Waals surface area contributed by atoms with Crippen LogP contribution in [0.2, 0.25) is 0 Å². The average Bonchev–Trinajstić information content (AvgIpc) is 3.14. The number of hydrogen-bond donors (Lipinski definition) is 1. The van der Waals surface area contributed by atoms with Gasteiger partial charge in [-0.15, -0.1) is 0 Å². The standard InChI is InChI=1S/C15H19N3O/c1-11(10-16)9-13-17-14(18-19-13)15(7-8-15)12-5-3-2-4-6-12/h2-6,11H,7-10,16H2,1H3. The van der Waals surface area contributed by atoms with E-state index >= 15 is 0 Å². The molecule has 1 heterocycles. The summed E-state index contributed by atoms with van der Waals surface area (Å²) in [6.07, 6.45) is 2.96. The molecule has 0 spiro atoms. The highest BCUT2D eigenvalue weighted by molar-refractivity contribution is 5.38. The van der Waals surface area contributed by atoms with E-state index in [-0.39, 0.29) is 5.41 Å². The molecule has 2 aromatic rings. The van der Waals surface area contributed by atoms with Gasteiger partial charge in [-0.2, -0.15) is 4.98 Å². The van der Waals surface area contributed by atoms with Gasteiger partial charge in [0.25, 0.3) is 0 Å². The Hall–Kier alpha value is -1.68. The van der Waals surface area contributed by atoms with Gasteiger partial charge in [0.05, 0.1) is 5.41 Å². The second-order valence-electron chi connectivity index (χ2n) is 5.50. The largest absolute Gasteiger partial charge is 0.339 e. The van der Waals surface area contributed by atoms with Gasteiger partial charge in [-0.05, 0) is 30.9 Å². The Morgan fingerprint density at radius 1 is 1.32 bits per heavy atom. The van der Waals surface area contributed by atoms with Crippen LogP contribution in [0.4, 0.5) is 0 Å². The molecule has 1 atom stereocenters. The number of nitrogens with two attached hydrogens (primary N) is 1. The van der Waals surface area contributed by atoms with Gasteiger partial charge in [-0.3, -0.25) is 0 Å². The van der Waals surface area contributed by atoms with Crippen molar-refractivity contribution in [2.24, 2.45) is 11.7 Å². The Kier molecular flexibility index (Phi) is 3.11. The summed E-state index contributed by atoms with van der Waals surface area (Å²) in [7, 11) is 0. The molecule has 4 heteroatoms. The molecule has 19 heavy (non-hydrogen) atoms. The summed E-state index contributed by atoms with van der Waals surface area (Å²) < 4.78 is 5.37. The highest BCUT2D eigenvalue weighted by atomic mass is 16.5. The Morgan fingerprint density at radius 3 is 2.68 bits per heavy atom. The molecule has 1 aliphatic carbocycles. The summed E-state index contributed by atoms with van der Waals surface area (Å²) in [6.45, 7) is 2.73. The quantitative estimate of drug-likeness (QED) is 0.892. The van der Waals surface area contributed by atoms with E-state index in [9.17, 15) is 0 Å². The molecule has 1 saturated carbocycles. The van der Waals surface area contributed by atoms with Crippen molar-refractivity contribution < 1.29 is 4.52 Å². The van der Waals surface area contributed by atoms with E-state index in [1.807, 2.05) is 6.07 Å². The molecular weight excluding hydrogens is 238 g/mol. The second kappa shape index (κ2) is 4.78. The lowest BCUT2D eigenvalue weighted by molar-refractivity contribution is 0.353. The van der Waals surface area contributed by atoms with Crippen LogP contribution >= 0.6 is 0 Å². The van der Waals surface area contributed by atoms with Gasteiger partial charge >= 0.3 is 0 Å². The highest BCUT2D eigenvalue weighted by Gasteiger charge is 2.49. The van der Waals surface area contributed by atoms with Gasteiger partial charge in [0.15, 0.2) is 5.82 Å². The third-order valence-corrected chi connectivity index (χ3v) is 3.90. The molecule has 4 nitrogen and oxygen atoms in total. The van der Waals surface area contributed by atoms with E-state index in [0.717, 1.165) is 25.1 Å². The zero-order valence-corrected chi connectivity index (χ0v) is 11.2. The summed E-state index contributed by atoms with van der Waals surface area (Å²) in [6, 6.07) is 10.4. The Labute approximate surface area is 113 Å². The molecule has 0 saturated heterocycles. The van der Waals surface area contributed by atoms with Crippen LogP contribution in [0.5, 0.6) is 0 Å². The third kappa shape index (κ3) is 2.28. The van der Waals surface area contributed by atoms with E-state index in [0.29, 0.717) is 18.4 Å². The molecule has 0 aliphatic heterocycles. The van der Waals surface area contributed by atoms with Crippen molar-refractivity contribution in [1.82, 2.24) is 10.1 Å². The molecule has 0 radical (unpaired) electrons. The van der Waals surface area contributed by atoms with Crippen LogP contribution in [0.3, 0.4) is 0 Å². The molecule has 0 amide bonds. The predicted molar refractivity (Wildman–Crippen MR) is 72.7 cm³/mol. The van der Waals surface area contributed by atoms with Crippen LogP contribution in [0.15, 0.2) is 34.9 Å². The zero-order valence-electron chi connectivity index (χ0n) is 11.2. The van der Waals surface area contributed by atoms with E-state index in [2.05, 4.69) is 41.3 Å². The highest BCUT2D eigenvalue weighted by Crippen LogP contribution is 2.52. The number of benzene rings is 1. The van der Waals surface area contributed by atoms with Crippen LogP contribution in [-0.2, 0) is 11.8 Å². The minimum atomic E-state index is -0.00500. The van der Waals surface area contributed by atoms with Gasteiger partial charge in [0.2, 0.25) is 5.89 Å². The first-order chi connectivity index (χ1) is 9.24. The van der Waals surface area contributed by atoms with Crippen molar-refractivity contribution in [2.75, 3.05) is 6.54 Å². The topological polar surface area (TPSA) is 64.9 Å². The van der Waals surface area contributed by atoms with Crippen molar-refractivity contribution in [3.05, 3.63) is 47.6 Å². The number of hydrogen-bond acceptors (Lipinski definition) is 4. The van der Waals surface area contributed by atoms with Crippen molar-refractivity contribution in [3.63, 3.8) is 0 Å². The number of nitrogens with zero attached hydrogens (tertiary/aromatic N) is 2. The molecule has 1 fully saturated rings. The molecular formula is C15H19N3O. The molecule has 1 aliphatic rings. The molecule has 1 aromatic heterocycles. The maximum Gasteiger partial charge on any atom is 0.226 e. The van der Waals surface area contributed by atoms with E-state index in [1.54, 1.807) is 0 Å². The van der Waals surface area contributed by atoms with Crippen molar-refractivity contribution >= 4 is 0 Å². The van der Waals surface area contributed by atoms with Crippen LogP contribution in [-0.4, -0.2) is 16.7 Å². The first kappa shape index (κ1) is 12.4. The minimum Gasteiger partial charge on any atom is -0.339 e. The van der Waals surface area contributed by atoms with Crippen molar-refractivity contribution in [3.8, 4) is 0 Å². The summed E-state index contributed by atoms with van der Waals surface area (Å²) in [5.41, 5.74) is 6.91. The Bertz CT molecular complexity index is 546. The maximum absolute atomic E-state index is 5.63. The van der Waals surface area contributed by atoms with Crippen LogP contribution < -0.4 is 5.73 Å². The number of rotatable bonds is 5. The summed E-state index contributed by atoms with van der Waals surface area (Å²) in [4.78, 5) is 4.58. The molecule has 3 rings (SSSR count). The monoisotopic (exact) mass is 257 g/mol. The Balaban J connectivity index is 1.83. The lowest BCUT2D eigenvalue weighted by atomic mass is 9.95. The van der Waals surface area contributed by atoms with E-state index in [1.165, 1.54) is 5.56 Å². The zero-order chi connectivity index (χ0) is 13.3. The van der Waals surface area contributed by atoms with Crippen LogP contribution in [0.1, 0.15) is 37.0 Å². The van der Waals surface area contributed by atoms with Gasteiger partial charge in [-0.25, -0.2) is 0 Å². The first-order valence-corrected chi connectivity index (χ1v) is 6.83. The number of aromatic nitrogens is 2. The van der Waals surface area contributed by atoms with Gasteiger partial charge in [-0.1, -0.05) is 42.4 Å². The fraction of sp³-hybridized carbons (Fsp3) is 0.467. The van der Waals surface area contributed by atoms with E-state index < -0.39 is 0 Å². The molecule has 1 aromatic carbocycles. The second-order valence-corrected chi connectivity index (χ2v) is 5.50. The molecule has 100 valence electrons.